The molecule has 140 valence electrons. The predicted molar refractivity (Wildman–Crippen MR) is 99.6 cm³/mol. The Morgan fingerprint density at radius 3 is 2.73 bits per heavy atom. The zero-order chi connectivity index (χ0) is 18.9. The Hall–Kier alpha value is -2.22. The fraction of sp³-hybridized carbons (Fsp3) is 0.500. The Morgan fingerprint density at radius 1 is 1.35 bits per heavy atom. The summed E-state index contributed by atoms with van der Waals surface area (Å²) in [6.45, 7) is 4.29. The molecule has 1 atom stereocenters. The zero-order valence-electron chi connectivity index (χ0n) is 15.0. The minimum atomic E-state index is -3.09. The van der Waals surface area contributed by atoms with E-state index >= 15 is 0 Å². The van der Waals surface area contributed by atoms with Crippen LogP contribution in [0.5, 0.6) is 0 Å². The topological polar surface area (TPSA) is 89.3 Å². The van der Waals surface area contributed by atoms with Gasteiger partial charge < -0.3 is 4.90 Å². The fourth-order valence-corrected chi connectivity index (χ4v) is 5.06. The number of para-hydroxylation sites is 1. The van der Waals surface area contributed by atoms with Gasteiger partial charge in [0.15, 0.2) is 9.84 Å². The second-order valence-corrected chi connectivity index (χ2v) is 9.42. The lowest BCUT2D eigenvalue weighted by Crippen LogP contribution is -2.45. The molecule has 1 aliphatic heterocycles. The smallest absolute Gasteiger partial charge is 0.261 e. The highest BCUT2D eigenvalue weighted by molar-refractivity contribution is 7.91. The van der Waals surface area contributed by atoms with Gasteiger partial charge in [-0.15, -0.1) is 0 Å². The number of amides is 1. The van der Waals surface area contributed by atoms with Crippen LogP contribution in [0.25, 0.3) is 10.9 Å². The molecule has 26 heavy (non-hydrogen) atoms. The van der Waals surface area contributed by atoms with E-state index in [2.05, 4.69) is 4.98 Å². The number of rotatable bonds is 5. The molecule has 0 radical (unpaired) electrons. The van der Waals surface area contributed by atoms with Crippen molar-refractivity contribution in [1.82, 2.24) is 14.5 Å². The van der Waals surface area contributed by atoms with Crippen molar-refractivity contribution in [2.75, 3.05) is 18.1 Å². The molecule has 3 rings (SSSR count). The number of aromatic nitrogens is 2. The highest BCUT2D eigenvalue weighted by Gasteiger charge is 2.34. The molecule has 8 heteroatoms. The molecule has 1 fully saturated rings. The van der Waals surface area contributed by atoms with E-state index in [-0.39, 0.29) is 41.5 Å². The van der Waals surface area contributed by atoms with Gasteiger partial charge in [-0.1, -0.05) is 26.0 Å². The molecule has 1 unspecified atom stereocenters. The van der Waals surface area contributed by atoms with Gasteiger partial charge in [0.25, 0.3) is 5.56 Å². The minimum absolute atomic E-state index is 0.00364. The average molecular weight is 377 g/mol. The second kappa shape index (κ2) is 7.19. The number of carbonyl (C=O) groups excluding carboxylic acids is 1. The Kier molecular flexibility index (Phi) is 5.13. The SMILES string of the molecule is CC(C)CN(C(=O)Cn1cnc2ccccc2c1=O)C1CCS(=O)(=O)C1. The third-order valence-corrected chi connectivity index (χ3v) is 6.32. The first-order valence-corrected chi connectivity index (χ1v) is 10.5. The lowest BCUT2D eigenvalue weighted by molar-refractivity contribution is -0.134. The molecule has 1 amide bonds. The molecule has 0 aliphatic carbocycles. The molecular formula is C18H23N3O4S. The molecule has 1 aromatic carbocycles. The van der Waals surface area contributed by atoms with Gasteiger partial charge in [0.2, 0.25) is 5.91 Å². The lowest BCUT2D eigenvalue weighted by Gasteiger charge is -2.30. The summed E-state index contributed by atoms with van der Waals surface area (Å²) in [7, 11) is -3.09. The first-order chi connectivity index (χ1) is 12.3. The van der Waals surface area contributed by atoms with E-state index in [0.29, 0.717) is 23.9 Å². The van der Waals surface area contributed by atoms with Gasteiger partial charge in [0.1, 0.15) is 6.54 Å². The van der Waals surface area contributed by atoms with Crippen molar-refractivity contribution in [3.05, 3.63) is 40.9 Å². The van der Waals surface area contributed by atoms with Gasteiger partial charge in [-0.2, -0.15) is 0 Å². The van der Waals surface area contributed by atoms with Gasteiger partial charge >= 0.3 is 0 Å². The van der Waals surface area contributed by atoms with Crippen LogP contribution in [0.15, 0.2) is 35.4 Å². The van der Waals surface area contributed by atoms with Crippen LogP contribution in [-0.2, 0) is 21.2 Å². The van der Waals surface area contributed by atoms with Crippen LogP contribution in [0.2, 0.25) is 0 Å². The Bertz CT molecular complexity index is 981. The number of sulfone groups is 1. The standard InChI is InChI=1S/C18H23N3O4S/c1-13(2)9-21(14-7-8-26(24,25)11-14)17(22)10-20-12-19-16-6-4-3-5-15(16)18(20)23/h3-6,12-14H,7-11H2,1-2H3. The van der Waals surface area contributed by atoms with Crippen molar-refractivity contribution >= 4 is 26.6 Å². The molecule has 1 saturated heterocycles. The highest BCUT2D eigenvalue weighted by atomic mass is 32.2. The van der Waals surface area contributed by atoms with Gasteiger partial charge in [-0.3, -0.25) is 14.2 Å². The normalized spacial score (nSPS) is 19.1. The lowest BCUT2D eigenvalue weighted by atomic mass is 10.1. The molecule has 2 heterocycles. The van der Waals surface area contributed by atoms with Crippen LogP contribution in [0.4, 0.5) is 0 Å². The molecule has 1 aliphatic rings. The summed E-state index contributed by atoms with van der Waals surface area (Å²) in [4.78, 5) is 31.3. The summed E-state index contributed by atoms with van der Waals surface area (Å²) in [6, 6.07) is 6.67. The van der Waals surface area contributed by atoms with Crippen molar-refractivity contribution in [1.29, 1.82) is 0 Å². The molecule has 0 spiro atoms. The number of hydrogen-bond acceptors (Lipinski definition) is 5. The Balaban J connectivity index is 1.86. The van der Waals surface area contributed by atoms with Crippen LogP contribution < -0.4 is 5.56 Å². The zero-order valence-corrected chi connectivity index (χ0v) is 15.8. The van der Waals surface area contributed by atoms with E-state index in [4.69, 9.17) is 0 Å². The Morgan fingerprint density at radius 2 is 2.08 bits per heavy atom. The van der Waals surface area contributed by atoms with Crippen molar-refractivity contribution in [3.8, 4) is 0 Å². The number of hydrogen-bond donors (Lipinski definition) is 0. The number of carbonyl (C=O) groups is 1. The van der Waals surface area contributed by atoms with Gasteiger partial charge in [-0.25, -0.2) is 13.4 Å². The third kappa shape index (κ3) is 3.95. The average Bonchev–Trinajstić information content (AvgIpc) is 2.95. The van der Waals surface area contributed by atoms with E-state index in [1.54, 1.807) is 29.2 Å². The molecule has 7 nitrogen and oxygen atoms in total. The largest absolute Gasteiger partial charge is 0.337 e. The van der Waals surface area contributed by atoms with Crippen molar-refractivity contribution in [2.24, 2.45) is 5.92 Å². The van der Waals surface area contributed by atoms with E-state index < -0.39 is 9.84 Å². The molecule has 0 saturated carbocycles. The first kappa shape index (κ1) is 18.6. The molecule has 2 aromatic rings. The molecular weight excluding hydrogens is 354 g/mol. The Labute approximate surface area is 152 Å². The van der Waals surface area contributed by atoms with Gasteiger partial charge in [0, 0.05) is 12.6 Å². The van der Waals surface area contributed by atoms with Crippen LogP contribution in [0.3, 0.4) is 0 Å². The van der Waals surface area contributed by atoms with E-state index in [9.17, 15) is 18.0 Å². The summed E-state index contributed by atoms with van der Waals surface area (Å²) in [5.74, 6) is 0.0570. The monoisotopic (exact) mass is 377 g/mol. The maximum atomic E-state index is 12.9. The molecule has 1 aromatic heterocycles. The third-order valence-electron chi connectivity index (χ3n) is 4.57. The summed E-state index contributed by atoms with van der Waals surface area (Å²) >= 11 is 0. The minimum Gasteiger partial charge on any atom is -0.337 e. The summed E-state index contributed by atoms with van der Waals surface area (Å²) < 4.78 is 24.9. The number of fused-ring (bicyclic) bond motifs is 1. The first-order valence-electron chi connectivity index (χ1n) is 8.71. The maximum Gasteiger partial charge on any atom is 0.261 e. The van der Waals surface area contributed by atoms with E-state index in [0.717, 1.165) is 0 Å². The number of nitrogens with zero attached hydrogens (tertiary/aromatic N) is 3. The predicted octanol–water partition coefficient (Wildman–Crippen LogP) is 1.07. The summed E-state index contributed by atoms with van der Waals surface area (Å²) in [5, 5.41) is 0.460. The van der Waals surface area contributed by atoms with Crippen molar-refractivity contribution in [3.63, 3.8) is 0 Å². The number of benzene rings is 1. The van der Waals surface area contributed by atoms with E-state index in [1.165, 1.54) is 10.9 Å². The van der Waals surface area contributed by atoms with Gasteiger partial charge in [-0.05, 0) is 24.5 Å². The van der Waals surface area contributed by atoms with E-state index in [1.807, 2.05) is 13.8 Å². The van der Waals surface area contributed by atoms with Crippen LogP contribution >= 0.6 is 0 Å². The summed E-state index contributed by atoms with van der Waals surface area (Å²) in [6.07, 6.45) is 1.83. The van der Waals surface area contributed by atoms with Crippen LogP contribution in [-0.4, -0.2) is 52.9 Å². The van der Waals surface area contributed by atoms with Crippen molar-refractivity contribution < 1.29 is 13.2 Å². The summed E-state index contributed by atoms with van der Waals surface area (Å²) in [5.41, 5.74) is 0.314. The van der Waals surface area contributed by atoms with Gasteiger partial charge in [0.05, 0.1) is 28.7 Å². The molecule has 0 N–H and O–H groups in total. The van der Waals surface area contributed by atoms with Crippen LogP contribution in [0, 0.1) is 5.92 Å². The second-order valence-electron chi connectivity index (χ2n) is 7.19. The highest BCUT2D eigenvalue weighted by Crippen LogP contribution is 2.19. The van der Waals surface area contributed by atoms with Crippen molar-refractivity contribution in [2.45, 2.75) is 32.9 Å². The quantitative estimate of drug-likeness (QED) is 0.777. The fourth-order valence-electron chi connectivity index (χ4n) is 3.32. The maximum absolute atomic E-state index is 12.9. The van der Waals surface area contributed by atoms with Crippen LogP contribution in [0.1, 0.15) is 20.3 Å². The molecule has 0 bridgehead atoms.